The highest BCUT2D eigenvalue weighted by Crippen LogP contribution is 2.20. The molecule has 0 aliphatic carbocycles. The summed E-state index contributed by atoms with van der Waals surface area (Å²) in [6.07, 6.45) is 2.22. The number of carbonyl (C=O) groups excluding carboxylic acids is 1. The molecule has 160 valence electrons. The molecular formula is C24H25FN4O2. The Morgan fingerprint density at radius 3 is 2.65 bits per heavy atom. The Labute approximate surface area is 179 Å². The molecule has 4 aromatic rings. The van der Waals surface area contributed by atoms with E-state index >= 15 is 0 Å². The molecule has 0 saturated heterocycles. The number of amides is 1. The highest BCUT2D eigenvalue weighted by molar-refractivity contribution is 5.87. The summed E-state index contributed by atoms with van der Waals surface area (Å²) in [7, 11) is 0. The minimum Gasteiger partial charge on any atom is -0.352 e. The number of aromatic nitrogens is 3. The molecule has 0 aliphatic heterocycles. The van der Waals surface area contributed by atoms with Crippen molar-refractivity contribution in [2.24, 2.45) is 0 Å². The zero-order valence-electron chi connectivity index (χ0n) is 17.6. The van der Waals surface area contributed by atoms with Crippen molar-refractivity contribution in [3.05, 3.63) is 82.2 Å². The van der Waals surface area contributed by atoms with E-state index in [9.17, 15) is 14.0 Å². The lowest BCUT2D eigenvalue weighted by atomic mass is 10.1. The number of halogens is 1. The van der Waals surface area contributed by atoms with E-state index < -0.39 is 0 Å². The molecular weight excluding hydrogens is 395 g/mol. The van der Waals surface area contributed by atoms with E-state index in [0.717, 1.165) is 18.4 Å². The lowest BCUT2D eigenvalue weighted by Gasteiger charge is -2.15. The van der Waals surface area contributed by atoms with E-state index in [-0.39, 0.29) is 29.9 Å². The molecule has 0 spiro atoms. The van der Waals surface area contributed by atoms with E-state index in [2.05, 4.69) is 22.5 Å². The van der Waals surface area contributed by atoms with Gasteiger partial charge in [-0.3, -0.25) is 14.0 Å². The summed E-state index contributed by atoms with van der Waals surface area (Å²) in [5.74, 6) is 0.0171. The average molecular weight is 420 g/mol. The predicted molar refractivity (Wildman–Crippen MR) is 119 cm³/mol. The number of hydrogen-bond acceptors (Lipinski definition) is 3. The van der Waals surface area contributed by atoms with Gasteiger partial charge in [-0.1, -0.05) is 37.3 Å². The Balaban J connectivity index is 1.53. The van der Waals surface area contributed by atoms with Gasteiger partial charge in [0.1, 0.15) is 23.7 Å². The van der Waals surface area contributed by atoms with Crippen LogP contribution >= 0.6 is 0 Å². The van der Waals surface area contributed by atoms with Crippen LogP contribution in [0.25, 0.3) is 16.4 Å². The second-order valence-electron chi connectivity index (χ2n) is 7.79. The van der Waals surface area contributed by atoms with Crippen molar-refractivity contribution < 1.29 is 9.18 Å². The van der Waals surface area contributed by atoms with Crippen LogP contribution in [-0.2, 0) is 24.2 Å². The fourth-order valence-electron chi connectivity index (χ4n) is 3.88. The van der Waals surface area contributed by atoms with Crippen molar-refractivity contribution in [3.8, 4) is 0 Å². The van der Waals surface area contributed by atoms with Crippen molar-refractivity contribution in [3.63, 3.8) is 0 Å². The number of nitrogens with one attached hydrogen (secondary N) is 1. The van der Waals surface area contributed by atoms with Crippen LogP contribution in [0.1, 0.15) is 31.7 Å². The number of nitrogens with zero attached hydrogens (tertiary/aromatic N) is 3. The standard InChI is InChI=1S/C24H25FN4O2/c1-3-22-27-28(15-23(30)26-16(2)9-10-17-7-5-4-6-8-17)24(31)21-14-18-13-19(25)11-12-20(18)29(21)22/h4-8,11-14,16H,3,9-10,15H2,1-2H3,(H,26,30)/t16-/m1/s1. The first kappa shape index (κ1) is 20.8. The topological polar surface area (TPSA) is 68.4 Å². The Hall–Kier alpha value is -3.48. The molecule has 2 aromatic heterocycles. The second-order valence-corrected chi connectivity index (χ2v) is 7.79. The molecule has 0 unspecified atom stereocenters. The lowest BCUT2D eigenvalue weighted by Crippen LogP contribution is -2.39. The van der Waals surface area contributed by atoms with Gasteiger partial charge >= 0.3 is 0 Å². The third kappa shape index (κ3) is 4.35. The molecule has 31 heavy (non-hydrogen) atoms. The van der Waals surface area contributed by atoms with Crippen molar-refractivity contribution in [2.75, 3.05) is 0 Å². The predicted octanol–water partition coefficient (Wildman–Crippen LogP) is 3.49. The quantitative estimate of drug-likeness (QED) is 0.498. The van der Waals surface area contributed by atoms with Crippen molar-refractivity contribution >= 4 is 22.3 Å². The van der Waals surface area contributed by atoms with Crippen LogP contribution in [0, 0.1) is 5.82 Å². The molecule has 0 radical (unpaired) electrons. The summed E-state index contributed by atoms with van der Waals surface area (Å²) in [5.41, 5.74) is 1.96. The Morgan fingerprint density at radius 1 is 1.13 bits per heavy atom. The molecule has 0 fully saturated rings. The minimum absolute atomic E-state index is 0.0309. The number of benzene rings is 2. The van der Waals surface area contributed by atoms with E-state index in [1.807, 2.05) is 32.0 Å². The zero-order valence-corrected chi connectivity index (χ0v) is 17.6. The molecule has 1 amide bonds. The van der Waals surface area contributed by atoms with Gasteiger partial charge in [-0.2, -0.15) is 5.10 Å². The molecule has 2 aromatic carbocycles. The van der Waals surface area contributed by atoms with Gasteiger partial charge in [0, 0.05) is 17.8 Å². The molecule has 1 atom stereocenters. The van der Waals surface area contributed by atoms with Gasteiger partial charge in [0.05, 0.1) is 5.52 Å². The highest BCUT2D eigenvalue weighted by Gasteiger charge is 2.16. The van der Waals surface area contributed by atoms with Crippen LogP contribution in [0.5, 0.6) is 0 Å². The largest absolute Gasteiger partial charge is 0.352 e. The SMILES string of the molecule is CCc1nn(CC(=O)N[C@H](C)CCc2ccccc2)c(=O)c2cc3cc(F)ccc3n12. The van der Waals surface area contributed by atoms with E-state index in [4.69, 9.17) is 0 Å². The normalized spacial score (nSPS) is 12.4. The Kier molecular flexibility index (Phi) is 5.84. The molecule has 4 rings (SSSR count). The van der Waals surface area contributed by atoms with Crippen LogP contribution in [0.2, 0.25) is 0 Å². The molecule has 0 saturated carbocycles. The van der Waals surface area contributed by atoms with E-state index in [0.29, 0.717) is 23.1 Å². The Bertz CT molecular complexity index is 1290. The fourth-order valence-corrected chi connectivity index (χ4v) is 3.88. The van der Waals surface area contributed by atoms with Gasteiger partial charge in [-0.05, 0) is 49.6 Å². The fraction of sp³-hybridized carbons (Fsp3) is 0.292. The monoisotopic (exact) mass is 420 g/mol. The summed E-state index contributed by atoms with van der Waals surface area (Å²) in [6, 6.07) is 16.1. The van der Waals surface area contributed by atoms with E-state index in [1.54, 1.807) is 16.5 Å². The summed E-state index contributed by atoms with van der Waals surface area (Å²) in [6.45, 7) is 3.72. The first-order valence-corrected chi connectivity index (χ1v) is 10.5. The first-order valence-electron chi connectivity index (χ1n) is 10.5. The number of carbonyl (C=O) groups is 1. The van der Waals surface area contributed by atoms with Gasteiger partial charge in [0.15, 0.2) is 0 Å². The number of fused-ring (bicyclic) bond motifs is 3. The van der Waals surface area contributed by atoms with Crippen molar-refractivity contribution in [1.29, 1.82) is 0 Å². The summed E-state index contributed by atoms with van der Waals surface area (Å²) in [5, 5.41) is 8.00. The first-order chi connectivity index (χ1) is 15.0. The third-order valence-electron chi connectivity index (χ3n) is 5.44. The van der Waals surface area contributed by atoms with Crippen LogP contribution < -0.4 is 10.9 Å². The third-order valence-corrected chi connectivity index (χ3v) is 5.44. The van der Waals surface area contributed by atoms with Gasteiger partial charge in [0.25, 0.3) is 5.56 Å². The average Bonchev–Trinajstić information content (AvgIpc) is 3.14. The van der Waals surface area contributed by atoms with Crippen LogP contribution in [0.15, 0.2) is 59.4 Å². The molecule has 6 nitrogen and oxygen atoms in total. The van der Waals surface area contributed by atoms with Gasteiger partial charge in [-0.15, -0.1) is 0 Å². The van der Waals surface area contributed by atoms with Crippen molar-refractivity contribution in [2.45, 2.75) is 45.7 Å². The maximum Gasteiger partial charge on any atom is 0.291 e. The maximum absolute atomic E-state index is 13.6. The summed E-state index contributed by atoms with van der Waals surface area (Å²) >= 11 is 0. The smallest absolute Gasteiger partial charge is 0.291 e. The molecule has 2 heterocycles. The molecule has 1 N–H and O–H groups in total. The van der Waals surface area contributed by atoms with Gasteiger partial charge in [0.2, 0.25) is 5.91 Å². The number of aryl methyl sites for hydroxylation is 2. The second kappa shape index (κ2) is 8.71. The maximum atomic E-state index is 13.6. The number of rotatable bonds is 7. The van der Waals surface area contributed by atoms with Crippen LogP contribution in [-0.4, -0.2) is 26.1 Å². The van der Waals surface area contributed by atoms with Gasteiger partial charge < -0.3 is 5.32 Å². The van der Waals surface area contributed by atoms with E-state index in [1.165, 1.54) is 22.4 Å². The Morgan fingerprint density at radius 2 is 1.90 bits per heavy atom. The van der Waals surface area contributed by atoms with Crippen LogP contribution in [0.4, 0.5) is 4.39 Å². The van der Waals surface area contributed by atoms with Gasteiger partial charge in [-0.25, -0.2) is 9.07 Å². The summed E-state index contributed by atoms with van der Waals surface area (Å²) < 4.78 is 16.6. The van der Waals surface area contributed by atoms with Crippen molar-refractivity contribution in [1.82, 2.24) is 19.5 Å². The lowest BCUT2D eigenvalue weighted by molar-refractivity contribution is -0.122. The highest BCUT2D eigenvalue weighted by atomic mass is 19.1. The summed E-state index contributed by atoms with van der Waals surface area (Å²) in [4.78, 5) is 25.6. The molecule has 7 heteroatoms. The molecule has 0 aliphatic rings. The minimum atomic E-state index is -0.374. The molecule has 0 bridgehead atoms. The van der Waals surface area contributed by atoms with Crippen LogP contribution in [0.3, 0.4) is 0 Å². The number of hydrogen-bond donors (Lipinski definition) is 1. The zero-order chi connectivity index (χ0) is 22.0.